The van der Waals surface area contributed by atoms with E-state index in [-0.39, 0.29) is 24.1 Å². The molecule has 0 radical (unpaired) electrons. The first-order valence-corrected chi connectivity index (χ1v) is 10.3. The molecule has 2 heterocycles. The molecule has 3 aromatic rings. The van der Waals surface area contributed by atoms with Crippen molar-refractivity contribution in [3.63, 3.8) is 0 Å². The lowest BCUT2D eigenvalue weighted by Crippen LogP contribution is -2.46. The Morgan fingerprint density at radius 3 is 2.59 bits per heavy atom. The Balaban J connectivity index is 1.29. The number of likely N-dealkylation sites (tertiary alicyclic amines) is 1. The summed E-state index contributed by atoms with van der Waals surface area (Å²) in [6.07, 6.45) is -3.02. The zero-order valence-corrected chi connectivity index (χ0v) is 17.2. The molecule has 0 aliphatic carbocycles. The van der Waals surface area contributed by atoms with Crippen LogP contribution in [0.1, 0.15) is 24.0 Å². The molecule has 1 N–H and O–H groups in total. The molecule has 0 atom stereocenters. The molecule has 10 heteroatoms. The number of carbonyl (C=O) groups is 1. The zero-order valence-electron chi connectivity index (χ0n) is 17.2. The number of fused-ring (bicyclic) bond motifs is 1. The van der Waals surface area contributed by atoms with Crippen molar-refractivity contribution in [1.29, 1.82) is 0 Å². The number of amides is 1. The van der Waals surface area contributed by atoms with Crippen LogP contribution in [0.2, 0.25) is 0 Å². The molecule has 32 heavy (non-hydrogen) atoms. The quantitative estimate of drug-likeness (QED) is 0.653. The summed E-state index contributed by atoms with van der Waals surface area (Å²) in [5.74, 6) is -0.326. The first-order valence-electron chi connectivity index (χ1n) is 10.3. The average molecular weight is 445 g/mol. The van der Waals surface area contributed by atoms with Crippen molar-refractivity contribution in [2.45, 2.75) is 38.1 Å². The molecule has 1 saturated heterocycles. The van der Waals surface area contributed by atoms with Gasteiger partial charge < -0.3 is 5.32 Å². The maximum atomic E-state index is 12.9. The molecular formula is C22H22F3N5O2. The molecule has 4 rings (SSSR count). The van der Waals surface area contributed by atoms with E-state index in [0.717, 1.165) is 10.7 Å². The number of piperidine rings is 1. The van der Waals surface area contributed by atoms with Crippen LogP contribution in [-0.4, -0.2) is 44.9 Å². The van der Waals surface area contributed by atoms with Crippen LogP contribution < -0.4 is 10.9 Å². The summed E-state index contributed by atoms with van der Waals surface area (Å²) in [6, 6.07) is 12.1. The summed E-state index contributed by atoms with van der Waals surface area (Å²) in [7, 11) is 0. The highest BCUT2D eigenvalue weighted by Gasteiger charge is 2.30. The molecule has 7 nitrogen and oxygen atoms in total. The zero-order chi connectivity index (χ0) is 22.7. The number of carbonyl (C=O) groups excluding carboxylic acids is 1. The van der Waals surface area contributed by atoms with Crippen molar-refractivity contribution in [1.82, 2.24) is 25.2 Å². The highest BCUT2D eigenvalue weighted by atomic mass is 19.4. The topological polar surface area (TPSA) is 80.1 Å². The number of nitrogens with one attached hydrogen (secondary N) is 1. The second kappa shape index (κ2) is 9.07. The fraction of sp³-hybridized carbons (Fsp3) is 0.364. The Kier molecular flexibility index (Phi) is 6.22. The number of hydrogen-bond donors (Lipinski definition) is 1. The molecule has 1 fully saturated rings. The smallest absolute Gasteiger partial charge is 0.352 e. The molecular weight excluding hydrogens is 423 g/mol. The molecule has 0 unspecified atom stereocenters. The molecule has 0 spiro atoms. The lowest BCUT2D eigenvalue weighted by molar-refractivity contribution is -0.137. The van der Waals surface area contributed by atoms with Crippen molar-refractivity contribution in [2.75, 3.05) is 13.1 Å². The molecule has 1 aliphatic rings. The average Bonchev–Trinajstić information content (AvgIpc) is 2.77. The van der Waals surface area contributed by atoms with Gasteiger partial charge in [-0.05, 0) is 36.6 Å². The van der Waals surface area contributed by atoms with E-state index in [2.05, 4.69) is 20.5 Å². The second-order valence-corrected chi connectivity index (χ2v) is 7.89. The number of alkyl halides is 3. The van der Waals surface area contributed by atoms with E-state index in [1.54, 1.807) is 30.3 Å². The third-order valence-corrected chi connectivity index (χ3v) is 5.54. The summed E-state index contributed by atoms with van der Waals surface area (Å²) in [5, 5.41) is 11.1. The Hall–Kier alpha value is -3.27. The third kappa shape index (κ3) is 5.13. The number of rotatable bonds is 5. The lowest BCUT2D eigenvalue weighted by Gasteiger charge is -2.32. The van der Waals surface area contributed by atoms with Crippen LogP contribution in [-0.2, 0) is 24.1 Å². The third-order valence-electron chi connectivity index (χ3n) is 5.54. The van der Waals surface area contributed by atoms with E-state index >= 15 is 0 Å². The van der Waals surface area contributed by atoms with Gasteiger partial charge in [0.2, 0.25) is 5.91 Å². The first-order chi connectivity index (χ1) is 15.3. The van der Waals surface area contributed by atoms with Crippen LogP contribution in [0.3, 0.4) is 0 Å². The van der Waals surface area contributed by atoms with Crippen LogP contribution in [0.15, 0.2) is 53.3 Å². The van der Waals surface area contributed by atoms with E-state index in [1.165, 1.54) is 12.1 Å². The van der Waals surface area contributed by atoms with Gasteiger partial charge in [-0.3, -0.25) is 14.5 Å². The van der Waals surface area contributed by atoms with Gasteiger partial charge in [-0.1, -0.05) is 35.5 Å². The number of aromatic nitrogens is 3. The van der Waals surface area contributed by atoms with E-state index in [4.69, 9.17) is 0 Å². The summed E-state index contributed by atoms with van der Waals surface area (Å²) < 4.78 is 39.7. The van der Waals surface area contributed by atoms with Gasteiger partial charge in [0.05, 0.1) is 10.9 Å². The maximum Gasteiger partial charge on any atom is 0.416 e. The fourth-order valence-corrected chi connectivity index (χ4v) is 3.88. The summed E-state index contributed by atoms with van der Waals surface area (Å²) in [6.45, 7) is 1.50. The molecule has 0 bridgehead atoms. The number of hydrogen-bond acceptors (Lipinski definition) is 5. The molecule has 1 aromatic heterocycles. The normalized spacial score (nSPS) is 15.7. The summed E-state index contributed by atoms with van der Waals surface area (Å²) >= 11 is 0. The minimum atomic E-state index is -4.36. The fourth-order valence-electron chi connectivity index (χ4n) is 3.88. The van der Waals surface area contributed by atoms with Crippen LogP contribution >= 0.6 is 0 Å². The second-order valence-electron chi connectivity index (χ2n) is 7.89. The van der Waals surface area contributed by atoms with Crippen LogP contribution in [0.4, 0.5) is 13.2 Å². The van der Waals surface area contributed by atoms with Crippen molar-refractivity contribution in [3.8, 4) is 0 Å². The predicted octanol–water partition coefficient (Wildman–Crippen LogP) is 2.59. The minimum absolute atomic E-state index is 0.0654. The Labute approximate surface area is 181 Å². The van der Waals surface area contributed by atoms with E-state index in [9.17, 15) is 22.8 Å². The predicted molar refractivity (Wildman–Crippen MR) is 112 cm³/mol. The van der Waals surface area contributed by atoms with E-state index in [1.807, 2.05) is 0 Å². The molecule has 168 valence electrons. The van der Waals surface area contributed by atoms with Crippen molar-refractivity contribution >= 4 is 16.8 Å². The van der Waals surface area contributed by atoms with Gasteiger partial charge >= 0.3 is 6.18 Å². The van der Waals surface area contributed by atoms with Crippen LogP contribution in [0.5, 0.6) is 0 Å². The maximum absolute atomic E-state index is 12.9. The SMILES string of the molecule is O=C(Cn1nnc2ccccc2c1=O)NC1CCN(Cc2cccc(C(F)(F)F)c2)CC1. The van der Waals surface area contributed by atoms with Gasteiger partial charge in [0, 0.05) is 25.7 Å². The summed E-state index contributed by atoms with van der Waals surface area (Å²) in [5.41, 5.74) is 0.0599. The largest absolute Gasteiger partial charge is 0.416 e. The molecule has 2 aromatic carbocycles. The minimum Gasteiger partial charge on any atom is -0.352 e. The Bertz CT molecular complexity index is 1170. The molecule has 1 aliphatic heterocycles. The Morgan fingerprint density at radius 2 is 1.84 bits per heavy atom. The van der Waals surface area contributed by atoms with Gasteiger partial charge in [-0.2, -0.15) is 13.2 Å². The van der Waals surface area contributed by atoms with Gasteiger partial charge in [0.1, 0.15) is 12.1 Å². The van der Waals surface area contributed by atoms with Crippen molar-refractivity contribution in [3.05, 3.63) is 70.0 Å². The van der Waals surface area contributed by atoms with Crippen molar-refractivity contribution in [2.24, 2.45) is 0 Å². The van der Waals surface area contributed by atoms with Gasteiger partial charge in [0.25, 0.3) is 5.56 Å². The highest BCUT2D eigenvalue weighted by molar-refractivity contribution is 5.78. The number of nitrogens with zero attached hydrogens (tertiary/aromatic N) is 4. The summed E-state index contributed by atoms with van der Waals surface area (Å²) in [4.78, 5) is 26.9. The van der Waals surface area contributed by atoms with Crippen molar-refractivity contribution < 1.29 is 18.0 Å². The molecule has 0 saturated carbocycles. The highest BCUT2D eigenvalue weighted by Crippen LogP contribution is 2.30. The van der Waals surface area contributed by atoms with Crippen LogP contribution in [0.25, 0.3) is 10.9 Å². The Morgan fingerprint density at radius 1 is 1.09 bits per heavy atom. The number of halogens is 3. The van der Waals surface area contributed by atoms with Gasteiger partial charge in [-0.25, -0.2) is 4.68 Å². The van der Waals surface area contributed by atoms with E-state index in [0.29, 0.717) is 48.9 Å². The van der Waals surface area contributed by atoms with Gasteiger partial charge in [0.15, 0.2) is 0 Å². The van der Waals surface area contributed by atoms with Gasteiger partial charge in [-0.15, -0.1) is 5.10 Å². The monoisotopic (exact) mass is 445 g/mol. The lowest BCUT2D eigenvalue weighted by atomic mass is 10.0. The standard InChI is InChI=1S/C22H22F3N5O2/c23-22(24,25)16-5-3-4-15(12-16)13-29-10-8-17(9-11-29)26-20(31)14-30-21(32)18-6-1-2-7-19(18)27-28-30/h1-7,12,17H,8-11,13-14H2,(H,26,31). The molecule has 1 amide bonds. The van der Waals surface area contributed by atoms with E-state index < -0.39 is 11.7 Å². The van der Waals surface area contributed by atoms with Crippen LogP contribution in [0, 0.1) is 0 Å². The number of benzene rings is 2. The first kappa shape index (κ1) is 21.9.